The van der Waals surface area contributed by atoms with Gasteiger partial charge in [-0.2, -0.15) is 0 Å². The second-order valence-electron chi connectivity index (χ2n) is 5.93. The SMILES string of the molecule is CC1(C)CN(C2C(N)C3CCOC32)C1. The lowest BCUT2D eigenvalue weighted by Gasteiger charge is -2.58. The number of hydrogen-bond donors (Lipinski definition) is 1. The van der Waals surface area contributed by atoms with Crippen LogP contribution in [0.3, 0.4) is 0 Å². The molecule has 2 saturated heterocycles. The number of fused-ring (bicyclic) bond motifs is 1. The lowest BCUT2D eigenvalue weighted by Crippen LogP contribution is -2.74. The molecule has 4 unspecified atom stereocenters. The minimum absolute atomic E-state index is 0.374. The standard InChI is InChI=1S/C11H20N2O/c1-11(2)5-13(6-11)9-8(12)7-3-4-14-10(7)9/h7-10H,3-6,12H2,1-2H3. The minimum atomic E-state index is 0.374. The van der Waals surface area contributed by atoms with Crippen LogP contribution in [0.25, 0.3) is 0 Å². The molecule has 0 aromatic heterocycles. The summed E-state index contributed by atoms with van der Waals surface area (Å²) in [4.78, 5) is 2.51. The fourth-order valence-corrected chi connectivity index (χ4v) is 3.43. The average Bonchev–Trinajstić information content (AvgIpc) is 2.45. The van der Waals surface area contributed by atoms with Gasteiger partial charge in [0.25, 0.3) is 0 Å². The molecule has 3 nitrogen and oxygen atoms in total. The molecule has 3 heteroatoms. The number of nitrogens with two attached hydrogens (primary N) is 1. The third-order valence-corrected chi connectivity index (χ3v) is 4.09. The maximum atomic E-state index is 6.19. The number of hydrogen-bond acceptors (Lipinski definition) is 3. The summed E-state index contributed by atoms with van der Waals surface area (Å²) < 4.78 is 5.74. The molecule has 3 aliphatic rings. The molecule has 2 N–H and O–H groups in total. The van der Waals surface area contributed by atoms with E-state index in [1.165, 1.54) is 19.5 Å². The van der Waals surface area contributed by atoms with Crippen molar-refractivity contribution in [3.63, 3.8) is 0 Å². The normalized spacial score (nSPS) is 50.8. The molecule has 0 aromatic carbocycles. The number of rotatable bonds is 1. The Balaban J connectivity index is 1.65. The van der Waals surface area contributed by atoms with Crippen LogP contribution in [0, 0.1) is 11.3 Å². The molecule has 0 aromatic rings. The lowest BCUT2D eigenvalue weighted by atomic mass is 9.68. The van der Waals surface area contributed by atoms with Crippen LogP contribution >= 0.6 is 0 Å². The molecule has 0 spiro atoms. The van der Waals surface area contributed by atoms with Crippen LogP contribution in [-0.4, -0.2) is 42.8 Å². The number of ether oxygens (including phenoxy) is 1. The molecular formula is C11H20N2O. The maximum absolute atomic E-state index is 6.19. The predicted molar refractivity (Wildman–Crippen MR) is 55.0 cm³/mol. The van der Waals surface area contributed by atoms with Gasteiger partial charge >= 0.3 is 0 Å². The van der Waals surface area contributed by atoms with Gasteiger partial charge in [-0.25, -0.2) is 0 Å². The first-order chi connectivity index (χ1) is 6.58. The first-order valence-electron chi connectivity index (χ1n) is 5.70. The van der Waals surface area contributed by atoms with Crippen LogP contribution < -0.4 is 5.73 Å². The fourth-order valence-electron chi connectivity index (χ4n) is 3.43. The van der Waals surface area contributed by atoms with Crippen molar-refractivity contribution in [2.24, 2.45) is 17.1 Å². The molecular weight excluding hydrogens is 176 g/mol. The zero-order valence-electron chi connectivity index (χ0n) is 9.07. The smallest absolute Gasteiger partial charge is 0.0789 e. The fraction of sp³-hybridized carbons (Fsp3) is 1.00. The molecule has 3 fully saturated rings. The molecule has 3 rings (SSSR count). The van der Waals surface area contributed by atoms with Gasteiger partial charge < -0.3 is 10.5 Å². The molecule has 4 atom stereocenters. The van der Waals surface area contributed by atoms with Gasteiger partial charge in [0.2, 0.25) is 0 Å². The lowest BCUT2D eigenvalue weighted by molar-refractivity contribution is -0.127. The van der Waals surface area contributed by atoms with Gasteiger partial charge in [0.15, 0.2) is 0 Å². The van der Waals surface area contributed by atoms with Gasteiger partial charge in [0, 0.05) is 31.7 Å². The van der Waals surface area contributed by atoms with E-state index in [0.717, 1.165) is 6.61 Å². The van der Waals surface area contributed by atoms with Crippen LogP contribution in [0.4, 0.5) is 0 Å². The summed E-state index contributed by atoms with van der Waals surface area (Å²) in [6.07, 6.45) is 1.64. The summed E-state index contributed by atoms with van der Waals surface area (Å²) in [6.45, 7) is 7.95. The van der Waals surface area contributed by atoms with E-state index in [1.807, 2.05) is 0 Å². The second-order valence-corrected chi connectivity index (χ2v) is 5.93. The summed E-state index contributed by atoms with van der Waals surface area (Å²) in [5.74, 6) is 0.656. The van der Waals surface area contributed by atoms with E-state index in [9.17, 15) is 0 Å². The molecule has 1 aliphatic carbocycles. The van der Waals surface area contributed by atoms with Gasteiger partial charge in [-0.1, -0.05) is 13.8 Å². The summed E-state index contributed by atoms with van der Waals surface area (Å²) in [6, 6.07) is 0.897. The monoisotopic (exact) mass is 196 g/mol. The van der Waals surface area contributed by atoms with Gasteiger partial charge in [-0.05, 0) is 11.8 Å². The first kappa shape index (κ1) is 9.13. The van der Waals surface area contributed by atoms with Crippen molar-refractivity contribution < 1.29 is 4.74 Å². The van der Waals surface area contributed by atoms with Crippen LogP contribution in [0.5, 0.6) is 0 Å². The molecule has 0 radical (unpaired) electrons. The van der Waals surface area contributed by atoms with Crippen molar-refractivity contribution in [3.8, 4) is 0 Å². The molecule has 2 heterocycles. The van der Waals surface area contributed by atoms with Crippen LogP contribution in [0.1, 0.15) is 20.3 Å². The minimum Gasteiger partial charge on any atom is -0.376 e. The Morgan fingerprint density at radius 3 is 2.71 bits per heavy atom. The van der Waals surface area contributed by atoms with Crippen molar-refractivity contribution in [2.45, 2.75) is 38.5 Å². The van der Waals surface area contributed by atoms with Crippen molar-refractivity contribution in [1.82, 2.24) is 4.90 Å². The van der Waals surface area contributed by atoms with Crippen molar-refractivity contribution in [2.75, 3.05) is 19.7 Å². The predicted octanol–water partition coefficient (Wildman–Crippen LogP) is 0.443. The Kier molecular flexibility index (Phi) is 1.77. The van der Waals surface area contributed by atoms with E-state index in [2.05, 4.69) is 18.7 Å². The van der Waals surface area contributed by atoms with Crippen molar-refractivity contribution in [3.05, 3.63) is 0 Å². The van der Waals surface area contributed by atoms with Crippen molar-refractivity contribution >= 4 is 0 Å². The van der Waals surface area contributed by atoms with E-state index >= 15 is 0 Å². The van der Waals surface area contributed by atoms with E-state index in [-0.39, 0.29) is 0 Å². The highest BCUT2D eigenvalue weighted by molar-refractivity contribution is 5.12. The Labute approximate surface area is 85.6 Å². The third-order valence-electron chi connectivity index (χ3n) is 4.09. The largest absolute Gasteiger partial charge is 0.376 e. The van der Waals surface area contributed by atoms with Crippen LogP contribution in [0.2, 0.25) is 0 Å². The van der Waals surface area contributed by atoms with Crippen LogP contribution in [-0.2, 0) is 4.74 Å². The Hall–Kier alpha value is -0.120. The highest BCUT2D eigenvalue weighted by Crippen LogP contribution is 2.44. The maximum Gasteiger partial charge on any atom is 0.0789 e. The number of likely N-dealkylation sites (tertiary alicyclic amines) is 1. The topological polar surface area (TPSA) is 38.5 Å². The average molecular weight is 196 g/mol. The summed E-state index contributed by atoms with van der Waals surface area (Å²) in [5, 5.41) is 0. The number of nitrogens with zero attached hydrogens (tertiary/aromatic N) is 1. The molecule has 2 aliphatic heterocycles. The quantitative estimate of drug-likeness (QED) is 0.661. The van der Waals surface area contributed by atoms with Crippen LogP contribution in [0.15, 0.2) is 0 Å². The zero-order chi connectivity index (χ0) is 9.92. The second kappa shape index (κ2) is 2.71. The van der Waals surface area contributed by atoms with E-state index in [0.29, 0.717) is 29.5 Å². The molecule has 0 amide bonds. The highest BCUT2D eigenvalue weighted by atomic mass is 16.5. The summed E-state index contributed by atoms with van der Waals surface area (Å²) >= 11 is 0. The van der Waals surface area contributed by atoms with E-state index < -0.39 is 0 Å². The molecule has 1 saturated carbocycles. The molecule has 80 valence electrons. The van der Waals surface area contributed by atoms with Crippen molar-refractivity contribution in [1.29, 1.82) is 0 Å². The zero-order valence-corrected chi connectivity index (χ0v) is 9.07. The van der Waals surface area contributed by atoms with Gasteiger partial charge in [-0.15, -0.1) is 0 Å². The molecule has 14 heavy (non-hydrogen) atoms. The first-order valence-corrected chi connectivity index (χ1v) is 5.70. The van der Waals surface area contributed by atoms with Gasteiger partial charge in [-0.3, -0.25) is 4.90 Å². The Bertz CT molecular complexity index is 246. The molecule has 0 bridgehead atoms. The summed E-state index contributed by atoms with van der Waals surface area (Å²) in [7, 11) is 0. The Morgan fingerprint density at radius 2 is 2.07 bits per heavy atom. The third kappa shape index (κ3) is 1.09. The van der Waals surface area contributed by atoms with E-state index in [4.69, 9.17) is 10.5 Å². The van der Waals surface area contributed by atoms with Gasteiger partial charge in [0.1, 0.15) is 0 Å². The van der Waals surface area contributed by atoms with E-state index in [1.54, 1.807) is 0 Å². The van der Waals surface area contributed by atoms with Gasteiger partial charge in [0.05, 0.1) is 12.1 Å². The highest BCUT2D eigenvalue weighted by Gasteiger charge is 2.57. The Morgan fingerprint density at radius 1 is 1.36 bits per heavy atom. The summed E-state index contributed by atoms with van der Waals surface area (Å²) in [5.41, 5.74) is 6.69.